The van der Waals surface area contributed by atoms with Crippen molar-refractivity contribution in [1.82, 2.24) is 19.6 Å². The minimum absolute atomic E-state index is 0.0582. The zero-order valence-electron chi connectivity index (χ0n) is 12.9. The number of carbonyl (C=O) groups is 1. The Hall–Kier alpha value is -3.17. The van der Waals surface area contributed by atoms with Gasteiger partial charge in [0, 0.05) is 18.1 Å². The van der Waals surface area contributed by atoms with Gasteiger partial charge in [0.2, 0.25) is 5.82 Å². The Morgan fingerprint density at radius 1 is 1.36 bits per heavy atom. The number of rotatable bonds is 4. The first-order valence-corrected chi connectivity index (χ1v) is 7.11. The van der Waals surface area contributed by atoms with Crippen LogP contribution >= 0.6 is 0 Å². The van der Waals surface area contributed by atoms with Gasteiger partial charge in [-0.2, -0.15) is 18.2 Å². The highest BCUT2D eigenvalue weighted by atomic mass is 19.4. The van der Waals surface area contributed by atoms with Crippen LogP contribution in [0.3, 0.4) is 0 Å². The number of aromatic nitrogens is 4. The van der Waals surface area contributed by atoms with Crippen molar-refractivity contribution in [3.8, 4) is 5.75 Å². The predicted molar refractivity (Wildman–Crippen MR) is 81.5 cm³/mol. The highest BCUT2D eigenvalue weighted by Gasteiger charge is 2.28. The molecule has 2 aromatic heterocycles. The van der Waals surface area contributed by atoms with Crippen molar-refractivity contribution in [3.63, 3.8) is 0 Å². The Morgan fingerprint density at radius 2 is 2.16 bits per heavy atom. The van der Waals surface area contributed by atoms with Gasteiger partial charge in [-0.1, -0.05) is 0 Å². The maximum atomic E-state index is 12.2. The third-order valence-corrected chi connectivity index (χ3v) is 3.17. The molecule has 0 fully saturated rings. The van der Waals surface area contributed by atoms with E-state index < -0.39 is 18.7 Å². The summed E-state index contributed by atoms with van der Waals surface area (Å²) in [6, 6.07) is 5.84. The molecule has 0 aliphatic rings. The lowest BCUT2D eigenvalue weighted by Gasteiger charge is -2.12. The molecule has 7 nitrogen and oxygen atoms in total. The van der Waals surface area contributed by atoms with Crippen LogP contribution in [0.25, 0.3) is 5.78 Å². The number of benzene rings is 1. The van der Waals surface area contributed by atoms with Crippen LogP contribution in [0, 0.1) is 6.92 Å². The van der Waals surface area contributed by atoms with Crippen molar-refractivity contribution < 1.29 is 22.7 Å². The Kier molecular flexibility index (Phi) is 4.26. The van der Waals surface area contributed by atoms with Gasteiger partial charge in [0.15, 0.2) is 6.61 Å². The van der Waals surface area contributed by atoms with Crippen LogP contribution in [-0.2, 0) is 0 Å². The summed E-state index contributed by atoms with van der Waals surface area (Å²) in [5.74, 6) is -0.295. The number of halogens is 3. The third-order valence-electron chi connectivity index (χ3n) is 3.17. The molecule has 0 atom stereocenters. The Labute approximate surface area is 139 Å². The van der Waals surface area contributed by atoms with Gasteiger partial charge < -0.3 is 10.1 Å². The molecular formula is C15H12F3N5O2. The van der Waals surface area contributed by atoms with E-state index in [-0.39, 0.29) is 17.4 Å². The van der Waals surface area contributed by atoms with Gasteiger partial charge in [0.1, 0.15) is 5.75 Å². The van der Waals surface area contributed by atoms with Crippen LogP contribution in [0.2, 0.25) is 0 Å². The third kappa shape index (κ3) is 4.03. The number of hydrogen-bond donors (Lipinski definition) is 1. The highest BCUT2D eigenvalue weighted by molar-refractivity contribution is 6.02. The van der Waals surface area contributed by atoms with Gasteiger partial charge >= 0.3 is 6.18 Å². The number of alkyl halides is 3. The fraction of sp³-hybridized carbons (Fsp3) is 0.200. The van der Waals surface area contributed by atoms with Crippen LogP contribution in [0.5, 0.6) is 5.75 Å². The van der Waals surface area contributed by atoms with E-state index in [4.69, 9.17) is 0 Å². The number of nitrogens with zero attached hydrogens (tertiary/aromatic N) is 4. The summed E-state index contributed by atoms with van der Waals surface area (Å²) in [6.45, 7) is 0.255. The molecule has 10 heteroatoms. The lowest BCUT2D eigenvalue weighted by Crippen LogP contribution is -2.19. The number of hydrogen-bond acceptors (Lipinski definition) is 5. The molecule has 1 amide bonds. The second kappa shape index (κ2) is 6.38. The SMILES string of the molecule is Cc1cc(OCC(F)(F)F)ccc1NC(=O)c1nc2ncccn2n1. The van der Waals surface area contributed by atoms with Crippen LogP contribution < -0.4 is 10.1 Å². The van der Waals surface area contributed by atoms with E-state index in [1.807, 2.05) is 0 Å². The summed E-state index contributed by atoms with van der Waals surface area (Å²) in [7, 11) is 0. The van der Waals surface area contributed by atoms with Gasteiger partial charge in [-0.15, -0.1) is 5.10 Å². The van der Waals surface area contributed by atoms with Crippen LogP contribution in [0.4, 0.5) is 18.9 Å². The van der Waals surface area contributed by atoms with Crippen molar-refractivity contribution in [2.45, 2.75) is 13.1 Å². The van der Waals surface area contributed by atoms with E-state index in [0.29, 0.717) is 11.3 Å². The number of carbonyl (C=O) groups excluding carboxylic acids is 1. The van der Waals surface area contributed by atoms with E-state index in [1.54, 1.807) is 19.2 Å². The number of nitrogens with one attached hydrogen (secondary N) is 1. The van der Waals surface area contributed by atoms with E-state index in [1.165, 1.54) is 28.9 Å². The molecule has 0 saturated heterocycles. The molecule has 3 aromatic rings. The highest BCUT2D eigenvalue weighted by Crippen LogP contribution is 2.24. The molecule has 3 rings (SSSR count). The van der Waals surface area contributed by atoms with Crippen molar-refractivity contribution in [1.29, 1.82) is 0 Å². The summed E-state index contributed by atoms with van der Waals surface area (Å²) in [4.78, 5) is 20.2. The van der Waals surface area contributed by atoms with Crippen LogP contribution in [-0.4, -0.2) is 38.3 Å². The molecule has 0 saturated carbocycles. The van der Waals surface area contributed by atoms with Gasteiger partial charge in [-0.3, -0.25) is 4.79 Å². The molecule has 0 spiro atoms. The first kappa shape index (κ1) is 16.7. The molecule has 130 valence electrons. The number of anilines is 1. The minimum Gasteiger partial charge on any atom is -0.484 e. The first-order valence-electron chi connectivity index (χ1n) is 7.11. The molecule has 0 unspecified atom stereocenters. The molecule has 1 aromatic carbocycles. The Balaban J connectivity index is 1.72. The van der Waals surface area contributed by atoms with Gasteiger partial charge in [-0.25, -0.2) is 9.50 Å². The summed E-state index contributed by atoms with van der Waals surface area (Å²) >= 11 is 0. The molecule has 0 aliphatic heterocycles. The Bertz CT molecular complexity index is 890. The number of aryl methyl sites for hydroxylation is 1. The second-order valence-electron chi connectivity index (χ2n) is 5.13. The molecule has 0 bridgehead atoms. The standard InChI is InChI=1S/C15H12F3N5O2/c1-9-7-10(25-8-15(16,17)18)3-4-11(9)20-13(24)12-21-14-19-5-2-6-23(14)22-12/h2-7H,8H2,1H3,(H,20,24). The van der Waals surface area contributed by atoms with Crippen LogP contribution in [0.1, 0.15) is 16.2 Å². The van der Waals surface area contributed by atoms with Crippen molar-refractivity contribution in [2.75, 3.05) is 11.9 Å². The number of fused-ring (bicyclic) bond motifs is 1. The average Bonchev–Trinajstić information content (AvgIpc) is 2.98. The van der Waals surface area contributed by atoms with Crippen molar-refractivity contribution >= 4 is 17.4 Å². The van der Waals surface area contributed by atoms with E-state index >= 15 is 0 Å². The summed E-state index contributed by atoms with van der Waals surface area (Å²) < 4.78 is 42.5. The first-order chi connectivity index (χ1) is 11.8. The maximum absolute atomic E-state index is 12.2. The molecule has 2 heterocycles. The smallest absolute Gasteiger partial charge is 0.422 e. The molecule has 0 aliphatic carbocycles. The predicted octanol–water partition coefficient (Wildman–Crippen LogP) is 2.63. The molecule has 1 N–H and O–H groups in total. The lowest BCUT2D eigenvalue weighted by molar-refractivity contribution is -0.153. The Morgan fingerprint density at radius 3 is 2.84 bits per heavy atom. The zero-order valence-corrected chi connectivity index (χ0v) is 12.9. The minimum atomic E-state index is -4.41. The van der Waals surface area contributed by atoms with Gasteiger partial charge in [-0.05, 0) is 36.8 Å². The quantitative estimate of drug-likeness (QED) is 0.781. The lowest BCUT2D eigenvalue weighted by atomic mass is 10.2. The average molecular weight is 351 g/mol. The van der Waals surface area contributed by atoms with Gasteiger partial charge in [0.25, 0.3) is 11.7 Å². The summed E-state index contributed by atoms with van der Waals surface area (Å²) in [6.07, 6.45) is -1.29. The van der Waals surface area contributed by atoms with Gasteiger partial charge in [0.05, 0.1) is 0 Å². The summed E-state index contributed by atoms with van der Waals surface area (Å²) in [5, 5.41) is 6.60. The molecule has 0 radical (unpaired) electrons. The topological polar surface area (TPSA) is 81.4 Å². The molecule has 25 heavy (non-hydrogen) atoms. The van der Waals surface area contributed by atoms with Crippen LogP contribution in [0.15, 0.2) is 36.7 Å². The van der Waals surface area contributed by atoms with Crippen molar-refractivity contribution in [3.05, 3.63) is 48.0 Å². The van der Waals surface area contributed by atoms with E-state index in [9.17, 15) is 18.0 Å². The second-order valence-corrected chi connectivity index (χ2v) is 5.13. The van der Waals surface area contributed by atoms with Crippen molar-refractivity contribution in [2.24, 2.45) is 0 Å². The fourth-order valence-corrected chi connectivity index (χ4v) is 2.04. The fourth-order valence-electron chi connectivity index (χ4n) is 2.04. The van der Waals surface area contributed by atoms with E-state index in [2.05, 4.69) is 25.1 Å². The monoisotopic (exact) mass is 351 g/mol. The number of amides is 1. The maximum Gasteiger partial charge on any atom is 0.422 e. The summed E-state index contributed by atoms with van der Waals surface area (Å²) in [5.41, 5.74) is 0.950. The largest absolute Gasteiger partial charge is 0.484 e. The van der Waals surface area contributed by atoms with E-state index in [0.717, 1.165) is 0 Å². The molecular weight excluding hydrogens is 339 g/mol. The zero-order chi connectivity index (χ0) is 18.0. The normalized spacial score (nSPS) is 11.5. The number of ether oxygens (including phenoxy) is 1.